The van der Waals surface area contributed by atoms with Gasteiger partial charge in [-0.05, 0) is 57.2 Å². The first-order chi connectivity index (χ1) is 17.4. The monoisotopic (exact) mass is 527 g/mol. The second-order valence-corrected chi connectivity index (χ2v) is 10.5. The summed E-state index contributed by atoms with van der Waals surface area (Å²) < 4.78 is 7.01. The summed E-state index contributed by atoms with van der Waals surface area (Å²) in [5.41, 5.74) is 3.11. The topological polar surface area (TPSA) is 115 Å². The molecule has 0 fully saturated rings. The van der Waals surface area contributed by atoms with Crippen LogP contribution in [0.4, 0.5) is 5.00 Å². The van der Waals surface area contributed by atoms with E-state index in [9.17, 15) is 14.4 Å². The Morgan fingerprint density at radius 2 is 2.00 bits per heavy atom. The molecule has 1 aliphatic carbocycles. The fourth-order valence-corrected chi connectivity index (χ4v) is 6.06. The molecular formula is C25H29N5O4S2. The Morgan fingerprint density at radius 3 is 2.78 bits per heavy atom. The van der Waals surface area contributed by atoms with Gasteiger partial charge in [-0.15, -0.1) is 21.5 Å². The summed E-state index contributed by atoms with van der Waals surface area (Å²) in [7, 11) is 1.79. The number of esters is 1. The molecule has 2 heterocycles. The van der Waals surface area contributed by atoms with E-state index in [1.165, 1.54) is 23.1 Å². The molecule has 190 valence electrons. The maximum absolute atomic E-state index is 12.8. The number of rotatable bonds is 9. The summed E-state index contributed by atoms with van der Waals surface area (Å²) in [5, 5.41) is 15.2. The van der Waals surface area contributed by atoms with E-state index in [2.05, 4.69) is 20.8 Å². The summed E-state index contributed by atoms with van der Waals surface area (Å²) in [4.78, 5) is 38.9. The number of thioether (sulfide) groups is 1. The van der Waals surface area contributed by atoms with Gasteiger partial charge in [0.05, 0.1) is 24.5 Å². The van der Waals surface area contributed by atoms with Gasteiger partial charge in [0.1, 0.15) is 5.00 Å². The van der Waals surface area contributed by atoms with Crippen LogP contribution in [-0.4, -0.2) is 44.9 Å². The average Bonchev–Trinajstić information content (AvgIpc) is 3.40. The standard InChI is InChI=1S/C25H29N5O4S2/c1-4-34-24(33)21-17-10-5-6-11-18(17)36-23(21)27-20(31)14-35-25-29-28-19(30(25)3)13-26-22(32)16-9-7-8-15(2)12-16/h7-9,12H,4-6,10-11,13-14H2,1-3H3,(H,26,32)(H,27,31). The molecule has 0 radical (unpaired) electrons. The number of aromatic nitrogens is 3. The molecule has 0 atom stereocenters. The molecule has 3 aromatic rings. The Hall–Kier alpha value is -3.18. The van der Waals surface area contributed by atoms with Crippen LogP contribution in [0.25, 0.3) is 0 Å². The molecule has 0 saturated carbocycles. The van der Waals surface area contributed by atoms with Crippen molar-refractivity contribution >= 4 is 45.9 Å². The van der Waals surface area contributed by atoms with Crippen LogP contribution >= 0.6 is 23.1 Å². The van der Waals surface area contributed by atoms with E-state index in [1.54, 1.807) is 24.6 Å². The van der Waals surface area contributed by atoms with Crippen molar-refractivity contribution in [2.24, 2.45) is 7.05 Å². The van der Waals surface area contributed by atoms with Crippen molar-refractivity contribution in [1.29, 1.82) is 0 Å². The third kappa shape index (κ3) is 5.96. The molecule has 0 spiro atoms. The van der Waals surface area contributed by atoms with Crippen molar-refractivity contribution in [3.63, 3.8) is 0 Å². The fourth-order valence-electron chi connectivity index (χ4n) is 4.04. The van der Waals surface area contributed by atoms with Gasteiger partial charge in [0.2, 0.25) is 5.91 Å². The van der Waals surface area contributed by atoms with Crippen LogP contribution in [0, 0.1) is 6.92 Å². The van der Waals surface area contributed by atoms with E-state index in [4.69, 9.17) is 4.74 Å². The lowest BCUT2D eigenvalue weighted by Gasteiger charge is -2.12. The zero-order valence-electron chi connectivity index (χ0n) is 20.6. The Labute approximate surface area is 218 Å². The molecule has 0 saturated heterocycles. The lowest BCUT2D eigenvalue weighted by molar-refractivity contribution is -0.113. The highest BCUT2D eigenvalue weighted by Gasteiger charge is 2.27. The molecule has 0 aliphatic heterocycles. The molecule has 2 aromatic heterocycles. The van der Waals surface area contributed by atoms with Gasteiger partial charge in [-0.1, -0.05) is 29.5 Å². The van der Waals surface area contributed by atoms with Gasteiger partial charge in [-0.3, -0.25) is 9.59 Å². The molecule has 2 amide bonds. The molecule has 4 rings (SSSR count). The zero-order chi connectivity index (χ0) is 25.7. The third-order valence-corrected chi connectivity index (χ3v) is 8.08. The first-order valence-electron chi connectivity index (χ1n) is 11.8. The van der Waals surface area contributed by atoms with Gasteiger partial charge in [-0.2, -0.15) is 0 Å². The maximum Gasteiger partial charge on any atom is 0.341 e. The molecule has 11 heteroatoms. The third-order valence-electron chi connectivity index (χ3n) is 5.85. The summed E-state index contributed by atoms with van der Waals surface area (Å²) in [6, 6.07) is 7.36. The van der Waals surface area contributed by atoms with Gasteiger partial charge in [0, 0.05) is 17.5 Å². The minimum Gasteiger partial charge on any atom is -0.462 e. The number of benzene rings is 1. The molecule has 36 heavy (non-hydrogen) atoms. The highest BCUT2D eigenvalue weighted by molar-refractivity contribution is 7.99. The first kappa shape index (κ1) is 25.9. The second kappa shape index (κ2) is 11.7. The van der Waals surface area contributed by atoms with Crippen molar-refractivity contribution in [2.45, 2.75) is 51.2 Å². The number of nitrogens with zero attached hydrogens (tertiary/aromatic N) is 3. The fraction of sp³-hybridized carbons (Fsp3) is 0.400. The van der Waals surface area contributed by atoms with Crippen LogP contribution in [0.5, 0.6) is 0 Å². The van der Waals surface area contributed by atoms with Crippen LogP contribution in [0.2, 0.25) is 0 Å². The number of fused-ring (bicyclic) bond motifs is 1. The summed E-state index contributed by atoms with van der Waals surface area (Å²) in [6.45, 7) is 4.21. The van der Waals surface area contributed by atoms with E-state index in [0.717, 1.165) is 41.7 Å². The van der Waals surface area contributed by atoms with Crippen LogP contribution in [-0.2, 0) is 36.0 Å². The number of carbonyl (C=O) groups excluding carboxylic acids is 3. The van der Waals surface area contributed by atoms with Crippen LogP contribution in [0.1, 0.15) is 62.3 Å². The molecule has 1 aliphatic rings. The van der Waals surface area contributed by atoms with Crippen molar-refractivity contribution < 1.29 is 19.1 Å². The number of amides is 2. The maximum atomic E-state index is 12.8. The minimum atomic E-state index is -0.384. The van der Waals surface area contributed by atoms with Crippen LogP contribution in [0.15, 0.2) is 29.4 Å². The Morgan fingerprint density at radius 1 is 1.19 bits per heavy atom. The molecular weight excluding hydrogens is 498 g/mol. The molecule has 2 N–H and O–H groups in total. The number of ether oxygens (including phenoxy) is 1. The number of nitrogens with one attached hydrogen (secondary N) is 2. The van der Waals surface area contributed by atoms with E-state index < -0.39 is 0 Å². The van der Waals surface area contributed by atoms with Gasteiger partial charge in [0.15, 0.2) is 11.0 Å². The van der Waals surface area contributed by atoms with Crippen LogP contribution < -0.4 is 10.6 Å². The van der Waals surface area contributed by atoms with Gasteiger partial charge < -0.3 is 19.9 Å². The number of thiophene rings is 1. The predicted molar refractivity (Wildman–Crippen MR) is 140 cm³/mol. The minimum absolute atomic E-state index is 0.104. The normalized spacial score (nSPS) is 12.6. The summed E-state index contributed by atoms with van der Waals surface area (Å²) >= 11 is 2.71. The number of hydrogen-bond acceptors (Lipinski definition) is 8. The predicted octanol–water partition coefficient (Wildman–Crippen LogP) is 3.90. The molecule has 1 aromatic carbocycles. The number of aryl methyl sites for hydroxylation is 2. The molecule has 0 unspecified atom stereocenters. The van der Waals surface area contributed by atoms with E-state index in [-0.39, 0.29) is 36.7 Å². The van der Waals surface area contributed by atoms with Crippen molar-refractivity contribution in [1.82, 2.24) is 20.1 Å². The zero-order valence-corrected chi connectivity index (χ0v) is 22.2. The largest absolute Gasteiger partial charge is 0.462 e. The van der Waals surface area contributed by atoms with Crippen molar-refractivity contribution in [3.05, 3.63) is 57.2 Å². The van der Waals surface area contributed by atoms with Crippen molar-refractivity contribution in [2.75, 3.05) is 17.7 Å². The van der Waals surface area contributed by atoms with Gasteiger partial charge >= 0.3 is 5.97 Å². The highest BCUT2D eigenvalue weighted by Crippen LogP contribution is 2.38. The van der Waals surface area contributed by atoms with E-state index in [1.807, 2.05) is 25.1 Å². The lowest BCUT2D eigenvalue weighted by atomic mass is 9.95. The van der Waals surface area contributed by atoms with Crippen molar-refractivity contribution in [3.8, 4) is 0 Å². The summed E-state index contributed by atoms with van der Waals surface area (Å²) in [6.07, 6.45) is 3.85. The smallest absolute Gasteiger partial charge is 0.341 e. The number of carbonyl (C=O) groups is 3. The Bertz CT molecular complexity index is 1280. The van der Waals surface area contributed by atoms with Gasteiger partial charge in [-0.25, -0.2) is 4.79 Å². The Kier molecular flexibility index (Phi) is 8.42. The molecule has 9 nitrogen and oxygen atoms in total. The molecule has 0 bridgehead atoms. The van der Waals surface area contributed by atoms with E-state index >= 15 is 0 Å². The number of anilines is 1. The Balaban J connectivity index is 1.35. The van der Waals surface area contributed by atoms with Gasteiger partial charge in [0.25, 0.3) is 5.91 Å². The highest BCUT2D eigenvalue weighted by atomic mass is 32.2. The average molecular weight is 528 g/mol. The van der Waals surface area contributed by atoms with Crippen LogP contribution in [0.3, 0.4) is 0 Å². The lowest BCUT2D eigenvalue weighted by Crippen LogP contribution is -2.24. The number of hydrogen-bond donors (Lipinski definition) is 2. The van der Waals surface area contributed by atoms with E-state index in [0.29, 0.717) is 27.1 Å². The SMILES string of the molecule is CCOC(=O)c1c(NC(=O)CSc2nnc(CNC(=O)c3cccc(C)c3)n2C)sc2c1CCCC2. The summed E-state index contributed by atoms with van der Waals surface area (Å²) in [5.74, 6) is -0.125. The first-order valence-corrected chi connectivity index (χ1v) is 13.6. The quantitative estimate of drug-likeness (QED) is 0.320. The second-order valence-electron chi connectivity index (χ2n) is 8.48.